The lowest BCUT2D eigenvalue weighted by Crippen LogP contribution is -2.03. The highest BCUT2D eigenvalue weighted by atomic mass is 16.5. The largest absolute Gasteiger partial charge is 0.396 e. The van der Waals surface area contributed by atoms with Gasteiger partial charge in [0.1, 0.15) is 23.3 Å². The molecule has 0 unspecified atom stereocenters. The van der Waals surface area contributed by atoms with Gasteiger partial charge in [-0.25, -0.2) is 4.98 Å². The number of hydrogen-bond acceptors (Lipinski definition) is 6. The standard InChI is InChI=1S/C11H11N5O/c1-7-4-8(16-17-7)6-14-11-3-2-9(13)10(5-12)15-11/h2-4H,6,13H2,1H3,(H,14,15). The molecule has 0 saturated carbocycles. The zero-order valence-corrected chi connectivity index (χ0v) is 9.27. The van der Waals surface area contributed by atoms with E-state index in [4.69, 9.17) is 15.5 Å². The van der Waals surface area contributed by atoms with E-state index in [1.165, 1.54) is 0 Å². The van der Waals surface area contributed by atoms with Gasteiger partial charge in [0.25, 0.3) is 0 Å². The summed E-state index contributed by atoms with van der Waals surface area (Å²) in [6.45, 7) is 2.31. The van der Waals surface area contributed by atoms with Crippen molar-refractivity contribution < 1.29 is 4.52 Å². The quantitative estimate of drug-likeness (QED) is 0.825. The molecule has 2 aromatic heterocycles. The van der Waals surface area contributed by atoms with E-state index in [0.29, 0.717) is 18.1 Å². The van der Waals surface area contributed by atoms with E-state index >= 15 is 0 Å². The number of rotatable bonds is 3. The van der Waals surface area contributed by atoms with Gasteiger partial charge in [-0.3, -0.25) is 0 Å². The zero-order valence-electron chi connectivity index (χ0n) is 9.27. The van der Waals surface area contributed by atoms with Crippen molar-refractivity contribution in [1.82, 2.24) is 10.1 Å². The van der Waals surface area contributed by atoms with Gasteiger partial charge >= 0.3 is 0 Å². The van der Waals surface area contributed by atoms with Gasteiger partial charge in [0.2, 0.25) is 0 Å². The molecule has 2 aromatic rings. The van der Waals surface area contributed by atoms with Crippen LogP contribution in [0.2, 0.25) is 0 Å². The van der Waals surface area contributed by atoms with Crippen LogP contribution in [0.4, 0.5) is 11.5 Å². The molecule has 17 heavy (non-hydrogen) atoms. The third-order valence-corrected chi connectivity index (χ3v) is 2.16. The molecule has 0 aliphatic heterocycles. The van der Waals surface area contributed by atoms with Gasteiger partial charge < -0.3 is 15.6 Å². The van der Waals surface area contributed by atoms with Crippen LogP contribution in [0, 0.1) is 18.3 Å². The fourth-order valence-corrected chi connectivity index (χ4v) is 1.34. The number of aryl methyl sites for hydroxylation is 1. The molecule has 0 aliphatic rings. The number of nitrogens with zero attached hydrogens (tertiary/aromatic N) is 3. The van der Waals surface area contributed by atoms with Crippen LogP contribution >= 0.6 is 0 Å². The third kappa shape index (κ3) is 2.52. The van der Waals surface area contributed by atoms with E-state index in [9.17, 15) is 0 Å². The lowest BCUT2D eigenvalue weighted by molar-refractivity contribution is 0.391. The molecule has 2 heterocycles. The average molecular weight is 229 g/mol. The Morgan fingerprint density at radius 3 is 3.00 bits per heavy atom. The Kier molecular flexibility index (Phi) is 2.92. The van der Waals surface area contributed by atoms with Crippen molar-refractivity contribution in [3.05, 3.63) is 35.3 Å². The first-order valence-corrected chi connectivity index (χ1v) is 5.01. The smallest absolute Gasteiger partial charge is 0.165 e. The summed E-state index contributed by atoms with van der Waals surface area (Å²) in [5.74, 6) is 1.33. The van der Waals surface area contributed by atoms with E-state index in [2.05, 4.69) is 15.5 Å². The molecule has 0 aromatic carbocycles. The van der Waals surface area contributed by atoms with Crippen molar-refractivity contribution >= 4 is 11.5 Å². The molecule has 0 atom stereocenters. The maximum Gasteiger partial charge on any atom is 0.165 e. The number of hydrogen-bond donors (Lipinski definition) is 2. The SMILES string of the molecule is Cc1cc(CNc2ccc(N)c(C#N)n2)no1. The van der Waals surface area contributed by atoms with Crippen LogP contribution < -0.4 is 11.1 Å². The van der Waals surface area contributed by atoms with Crippen molar-refractivity contribution in [1.29, 1.82) is 5.26 Å². The maximum absolute atomic E-state index is 8.78. The van der Waals surface area contributed by atoms with Crippen molar-refractivity contribution in [2.24, 2.45) is 0 Å². The minimum Gasteiger partial charge on any atom is -0.396 e. The van der Waals surface area contributed by atoms with Crippen molar-refractivity contribution in [2.75, 3.05) is 11.1 Å². The van der Waals surface area contributed by atoms with Crippen LogP contribution in [0.1, 0.15) is 17.1 Å². The predicted octanol–water partition coefficient (Wildman–Crippen LogP) is 1.44. The Morgan fingerprint density at radius 1 is 1.53 bits per heavy atom. The number of aromatic nitrogens is 2. The molecule has 0 spiro atoms. The highest BCUT2D eigenvalue weighted by Crippen LogP contribution is 2.13. The minimum atomic E-state index is 0.214. The van der Waals surface area contributed by atoms with E-state index in [1.54, 1.807) is 12.1 Å². The lowest BCUT2D eigenvalue weighted by Gasteiger charge is -2.04. The Bertz CT molecular complexity index is 569. The van der Waals surface area contributed by atoms with Gasteiger partial charge in [0.15, 0.2) is 5.69 Å². The fourth-order valence-electron chi connectivity index (χ4n) is 1.34. The molecule has 0 fully saturated rings. The summed E-state index contributed by atoms with van der Waals surface area (Å²) >= 11 is 0. The second-order valence-corrected chi connectivity index (χ2v) is 3.53. The number of anilines is 2. The average Bonchev–Trinajstić information content (AvgIpc) is 2.74. The molecule has 3 N–H and O–H groups in total. The molecule has 0 aliphatic carbocycles. The molecule has 2 rings (SSSR count). The van der Waals surface area contributed by atoms with Crippen molar-refractivity contribution in [3.8, 4) is 6.07 Å². The molecular formula is C11H11N5O. The van der Waals surface area contributed by atoms with Crippen molar-refractivity contribution in [3.63, 3.8) is 0 Å². The molecule has 6 heteroatoms. The maximum atomic E-state index is 8.78. The summed E-state index contributed by atoms with van der Waals surface area (Å²) in [4.78, 5) is 4.06. The summed E-state index contributed by atoms with van der Waals surface area (Å²) in [5, 5.41) is 15.7. The number of nitrogens with one attached hydrogen (secondary N) is 1. The molecule has 6 nitrogen and oxygen atoms in total. The van der Waals surface area contributed by atoms with Crippen LogP contribution in [-0.2, 0) is 6.54 Å². The first-order valence-electron chi connectivity index (χ1n) is 5.01. The van der Waals surface area contributed by atoms with Crippen LogP contribution in [0.5, 0.6) is 0 Å². The summed E-state index contributed by atoms with van der Waals surface area (Å²) in [7, 11) is 0. The molecular weight excluding hydrogens is 218 g/mol. The Hall–Kier alpha value is -2.55. The molecule has 0 radical (unpaired) electrons. The minimum absolute atomic E-state index is 0.214. The number of nitrogen functional groups attached to an aromatic ring is 1. The van der Waals surface area contributed by atoms with Crippen LogP contribution in [0.3, 0.4) is 0 Å². The normalized spacial score (nSPS) is 9.88. The summed E-state index contributed by atoms with van der Waals surface area (Å²) in [6.07, 6.45) is 0. The highest BCUT2D eigenvalue weighted by molar-refractivity contribution is 5.54. The first kappa shape index (κ1) is 11.0. The third-order valence-electron chi connectivity index (χ3n) is 2.16. The van der Waals surface area contributed by atoms with E-state index < -0.39 is 0 Å². The second-order valence-electron chi connectivity index (χ2n) is 3.53. The summed E-state index contributed by atoms with van der Waals surface area (Å²) in [5.41, 5.74) is 6.93. The van der Waals surface area contributed by atoms with E-state index in [1.807, 2.05) is 19.1 Å². The molecule has 0 bridgehead atoms. The molecule has 0 saturated heterocycles. The van der Waals surface area contributed by atoms with Gasteiger partial charge in [0.05, 0.1) is 12.2 Å². The van der Waals surface area contributed by atoms with Gasteiger partial charge in [0, 0.05) is 6.07 Å². The first-order chi connectivity index (χ1) is 8.19. The highest BCUT2D eigenvalue weighted by Gasteiger charge is 2.03. The molecule has 0 amide bonds. The Labute approximate surface area is 98.1 Å². The van der Waals surface area contributed by atoms with Crippen molar-refractivity contribution in [2.45, 2.75) is 13.5 Å². The monoisotopic (exact) mass is 229 g/mol. The fraction of sp³-hybridized carbons (Fsp3) is 0.182. The second kappa shape index (κ2) is 4.53. The Balaban J connectivity index is 2.07. The van der Waals surface area contributed by atoms with Gasteiger partial charge in [-0.2, -0.15) is 5.26 Å². The van der Waals surface area contributed by atoms with Crippen LogP contribution in [-0.4, -0.2) is 10.1 Å². The topological polar surface area (TPSA) is 101 Å². The van der Waals surface area contributed by atoms with Gasteiger partial charge in [-0.05, 0) is 19.1 Å². The van der Waals surface area contributed by atoms with Crippen LogP contribution in [0.15, 0.2) is 22.7 Å². The Morgan fingerprint density at radius 2 is 2.35 bits per heavy atom. The lowest BCUT2D eigenvalue weighted by atomic mass is 10.3. The van der Waals surface area contributed by atoms with E-state index in [-0.39, 0.29) is 5.69 Å². The zero-order chi connectivity index (χ0) is 12.3. The molecule has 86 valence electrons. The van der Waals surface area contributed by atoms with Gasteiger partial charge in [-0.15, -0.1) is 0 Å². The summed E-state index contributed by atoms with van der Waals surface area (Å²) < 4.78 is 4.93. The summed E-state index contributed by atoms with van der Waals surface area (Å²) in [6, 6.07) is 7.11. The number of nitrogens with two attached hydrogens (primary N) is 1. The number of nitriles is 1. The predicted molar refractivity (Wildman–Crippen MR) is 61.9 cm³/mol. The van der Waals surface area contributed by atoms with E-state index in [0.717, 1.165) is 11.5 Å². The number of pyridine rings is 1. The van der Waals surface area contributed by atoms with Crippen LogP contribution in [0.25, 0.3) is 0 Å². The van der Waals surface area contributed by atoms with Gasteiger partial charge in [-0.1, -0.05) is 5.16 Å².